The van der Waals surface area contributed by atoms with E-state index in [1.54, 1.807) is 4.90 Å². The second-order valence-corrected chi connectivity index (χ2v) is 6.70. The molecule has 0 spiro atoms. The van der Waals surface area contributed by atoms with E-state index in [-0.39, 0.29) is 29.2 Å². The maximum Gasteiger partial charge on any atom is 0.421 e. The largest absolute Gasteiger partial charge is 0.421 e. The molecule has 0 heterocycles. The van der Waals surface area contributed by atoms with Crippen LogP contribution in [0.15, 0.2) is 24.3 Å². The van der Waals surface area contributed by atoms with Gasteiger partial charge in [0.1, 0.15) is 0 Å². The Kier molecular flexibility index (Phi) is 5.79. The Bertz CT molecular complexity index is 591. The van der Waals surface area contributed by atoms with Crippen LogP contribution < -0.4 is 0 Å². The SMILES string of the molecule is CCN(C(=O)c1ccc([C@](C)(O)C(F)(F)F)cc1)C1CCC(O)CC1. The van der Waals surface area contributed by atoms with E-state index in [1.165, 1.54) is 12.1 Å². The molecule has 1 saturated carbocycles. The van der Waals surface area contributed by atoms with Crippen LogP contribution >= 0.6 is 0 Å². The van der Waals surface area contributed by atoms with E-state index in [0.29, 0.717) is 39.2 Å². The number of aliphatic hydroxyl groups excluding tert-OH is 1. The van der Waals surface area contributed by atoms with Crippen molar-refractivity contribution >= 4 is 5.91 Å². The van der Waals surface area contributed by atoms with Crippen LogP contribution in [0, 0.1) is 0 Å². The number of alkyl halides is 3. The van der Waals surface area contributed by atoms with Crippen molar-refractivity contribution in [3.05, 3.63) is 35.4 Å². The number of benzene rings is 1. The number of hydrogen-bond donors (Lipinski definition) is 2. The molecule has 0 aliphatic heterocycles. The molecule has 7 heteroatoms. The average Bonchev–Trinajstić information content (AvgIpc) is 2.56. The van der Waals surface area contributed by atoms with Crippen molar-refractivity contribution in [2.75, 3.05) is 6.54 Å². The predicted octanol–water partition coefficient (Wildman–Crippen LogP) is 3.22. The van der Waals surface area contributed by atoms with Crippen LogP contribution in [0.4, 0.5) is 13.2 Å². The lowest BCUT2D eigenvalue weighted by Crippen LogP contribution is -2.43. The molecule has 2 N–H and O–H groups in total. The zero-order valence-corrected chi connectivity index (χ0v) is 14.4. The molecule has 1 atom stereocenters. The molecule has 1 aromatic rings. The van der Waals surface area contributed by atoms with Crippen molar-refractivity contribution < 1.29 is 28.2 Å². The van der Waals surface area contributed by atoms with Gasteiger partial charge in [0.15, 0.2) is 5.60 Å². The number of rotatable bonds is 4. The average molecular weight is 359 g/mol. The third-order valence-corrected chi connectivity index (χ3v) is 4.95. The van der Waals surface area contributed by atoms with E-state index in [1.807, 2.05) is 6.92 Å². The fourth-order valence-electron chi connectivity index (χ4n) is 3.20. The first-order chi connectivity index (χ1) is 11.6. The second kappa shape index (κ2) is 7.33. The number of aliphatic hydroxyl groups is 2. The van der Waals surface area contributed by atoms with Crippen LogP contribution in [0.25, 0.3) is 0 Å². The van der Waals surface area contributed by atoms with Gasteiger partial charge >= 0.3 is 6.18 Å². The molecule has 0 unspecified atom stereocenters. The van der Waals surface area contributed by atoms with Crippen molar-refractivity contribution in [1.82, 2.24) is 4.90 Å². The Balaban J connectivity index is 2.16. The molecule has 1 fully saturated rings. The van der Waals surface area contributed by atoms with Crippen LogP contribution in [0.3, 0.4) is 0 Å². The Morgan fingerprint density at radius 3 is 2.12 bits per heavy atom. The maximum absolute atomic E-state index is 12.9. The topological polar surface area (TPSA) is 60.8 Å². The Morgan fingerprint density at radius 2 is 1.68 bits per heavy atom. The first-order valence-electron chi connectivity index (χ1n) is 8.46. The number of carbonyl (C=O) groups excluding carboxylic acids is 1. The molecule has 25 heavy (non-hydrogen) atoms. The van der Waals surface area contributed by atoms with Gasteiger partial charge in [0.25, 0.3) is 5.91 Å². The van der Waals surface area contributed by atoms with Gasteiger partial charge in [0.2, 0.25) is 0 Å². The molecule has 2 rings (SSSR count). The van der Waals surface area contributed by atoms with Gasteiger partial charge in [-0.3, -0.25) is 4.79 Å². The Hall–Kier alpha value is -1.60. The maximum atomic E-state index is 12.9. The van der Waals surface area contributed by atoms with Crippen molar-refractivity contribution in [3.63, 3.8) is 0 Å². The quantitative estimate of drug-likeness (QED) is 0.868. The van der Waals surface area contributed by atoms with E-state index < -0.39 is 11.8 Å². The van der Waals surface area contributed by atoms with Gasteiger partial charge in [-0.2, -0.15) is 13.2 Å². The highest BCUT2D eigenvalue weighted by atomic mass is 19.4. The molecule has 140 valence electrons. The monoisotopic (exact) mass is 359 g/mol. The lowest BCUT2D eigenvalue weighted by Gasteiger charge is -2.35. The fraction of sp³-hybridized carbons (Fsp3) is 0.611. The highest BCUT2D eigenvalue weighted by molar-refractivity contribution is 5.94. The third-order valence-electron chi connectivity index (χ3n) is 4.95. The van der Waals surface area contributed by atoms with E-state index in [0.717, 1.165) is 12.1 Å². The number of hydrogen-bond acceptors (Lipinski definition) is 3. The van der Waals surface area contributed by atoms with E-state index in [4.69, 9.17) is 0 Å². The first kappa shape index (κ1) is 19.7. The summed E-state index contributed by atoms with van der Waals surface area (Å²) in [6, 6.07) is 4.94. The number of nitrogens with zero attached hydrogens (tertiary/aromatic N) is 1. The summed E-state index contributed by atoms with van der Waals surface area (Å²) in [4.78, 5) is 14.4. The zero-order chi connectivity index (χ0) is 18.8. The lowest BCUT2D eigenvalue weighted by molar-refractivity contribution is -0.258. The van der Waals surface area contributed by atoms with E-state index in [2.05, 4.69) is 0 Å². The summed E-state index contributed by atoms with van der Waals surface area (Å²) in [6.45, 7) is 3.03. The summed E-state index contributed by atoms with van der Waals surface area (Å²) in [6.07, 6.45) is -2.42. The number of carbonyl (C=O) groups is 1. The molecule has 4 nitrogen and oxygen atoms in total. The van der Waals surface area contributed by atoms with Crippen LogP contribution in [-0.4, -0.2) is 45.9 Å². The third kappa shape index (κ3) is 4.15. The molecular formula is C18H24F3NO3. The predicted molar refractivity (Wildman–Crippen MR) is 87.0 cm³/mol. The van der Waals surface area contributed by atoms with Gasteiger partial charge in [-0.1, -0.05) is 12.1 Å². The minimum Gasteiger partial charge on any atom is -0.393 e. The number of halogens is 3. The molecule has 0 aromatic heterocycles. The molecule has 0 radical (unpaired) electrons. The van der Waals surface area contributed by atoms with Crippen LogP contribution in [0.1, 0.15) is 55.5 Å². The summed E-state index contributed by atoms with van der Waals surface area (Å²) in [5, 5.41) is 19.3. The number of amides is 1. The molecule has 1 amide bonds. The summed E-state index contributed by atoms with van der Waals surface area (Å²) in [5.74, 6) is -0.248. The minimum atomic E-state index is -4.79. The Labute approximate surface area is 145 Å². The first-order valence-corrected chi connectivity index (χ1v) is 8.46. The smallest absolute Gasteiger partial charge is 0.393 e. The molecular weight excluding hydrogens is 335 g/mol. The zero-order valence-electron chi connectivity index (χ0n) is 14.4. The molecule has 1 aliphatic carbocycles. The summed E-state index contributed by atoms with van der Waals surface area (Å²) in [7, 11) is 0. The molecule has 1 aromatic carbocycles. The van der Waals surface area contributed by atoms with Gasteiger partial charge < -0.3 is 15.1 Å². The van der Waals surface area contributed by atoms with Crippen molar-refractivity contribution in [3.8, 4) is 0 Å². The van der Waals surface area contributed by atoms with Gasteiger partial charge in [0.05, 0.1) is 6.10 Å². The van der Waals surface area contributed by atoms with Crippen molar-refractivity contribution in [2.45, 2.75) is 63.5 Å². The lowest BCUT2D eigenvalue weighted by atomic mass is 9.91. The summed E-state index contributed by atoms with van der Waals surface area (Å²) in [5.41, 5.74) is -2.98. The Morgan fingerprint density at radius 1 is 1.16 bits per heavy atom. The minimum absolute atomic E-state index is 0.0267. The highest BCUT2D eigenvalue weighted by Gasteiger charge is 2.51. The summed E-state index contributed by atoms with van der Waals surface area (Å²) >= 11 is 0. The molecule has 0 saturated heterocycles. The van der Waals surface area contributed by atoms with Gasteiger partial charge in [-0.15, -0.1) is 0 Å². The van der Waals surface area contributed by atoms with Gasteiger partial charge in [-0.05, 0) is 57.2 Å². The van der Waals surface area contributed by atoms with Crippen LogP contribution in [0.5, 0.6) is 0 Å². The summed E-state index contributed by atoms with van der Waals surface area (Å²) < 4.78 is 38.7. The highest BCUT2D eigenvalue weighted by Crippen LogP contribution is 2.38. The van der Waals surface area contributed by atoms with E-state index in [9.17, 15) is 28.2 Å². The van der Waals surface area contributed by atoms with Crippen LogP contribution in [0.2, 0.25) is 0 Å². The normalized spacial score (nSPS) is 23.8. The fourth-order valence-corrected chi connectivity index (χ4v) is 3.20. The van der Waals surface area contributed by atoms with Crippen molar-refractivity contribution in [2.24, 2.45) is 0 Å². The molecule has 0 bridgehead atoms. The second-order valence-electron chi connectivity index (χ2n) is 6.70. The van der Waals surface area contributed by atoms with Crippen LogP contribution in [-0.2, 0) is 5.60 Å². The van der Waals surface area contributed by atoms with Crippen molar-refractivity contribution in [1.29, 1.82) is 0 Å². The van der Waals surface area contributed by atoms with E-state index >= 15 is 0 Å². The van der Waals surface area contributed by atoms with Gasteiger partial charge in [-0.25, -0.2) is 0 Å². The van der Waals surface area contributed by atoms with Gasteiger partial charge in [0, 0.05) is 18.2 Å². The molecule has 1 aliphatic rings. The standard InChI is InChI=1S/C18H24F3NO3/c1-3-22(14-8-10-15(23)11-9-14)16(24)12-4-6-13(7-5-12)17(2,25)18(19,20)21/h4-7,14-15,23,25H,3,8-11H2,1-2H3/t14?,15?,17-/m0/s1.